The third-order valence-corrected chi connectivity index (χ3v) is 5.00. The van der Waals surface area contributed by atoms with Gasteiger partial charge in [0.25, 0.3) is 0 Å². The Morgan fingerprint density at radius 3 is 2.15 bits per heavy atom. The highest BCUT2D eigenvalue weighted by atomic mass is 32.1. The Labute approximate surface area is 154 Å². The fourth-order valence-corrected chi connectivity index (χ4v) is 3.64. The van der Waals surface area contributed by atoms with Crippen LogP contribution in [0.25, 0.3) is 26.8 Å². The van der Waals surface area contributed by atoms with Crippen molar-refractivity contribution in [1.29, 1.82) is 0 Å². The normalized spacial score (nSPS) is 10.9. The number of benzene rings is 2. The molecule has 0 aliphatic heterocycles. The van der Waals surface area contributed by atoms with Gasteiger partial charge in [0, 0.05) is 11.1 Å². The van der Waals surface area contributed by atoms with Crippen LogP contribution in [0.1, 0.15) is 0 Å². The number of imidazole rings is 1. The van der Waals surface area contributed by atoms with Crippen LogP contribution in [0.3, 0.4) is 0 Å². The van der Waals surface area contributed by atoms with Gasteiger partial charge >= 0.3 is 0 Å². The Bertz CT molecular complexity index is 1000. The lowest BCUT2D eigenvalue weighted by molar-refractivity contribution is 0.324. The zero-order valence-corrected chi connectivity index (χ0v) is 15.4. The number of hydrogen-bond donors (Lipinski definition) is 0. The topological polar surface area (TPSA) is 57.9 Å². The summed E-state index contributed by atoms with van der Waals surface area (Å²) < 4.78 is 18.0. The number of methoxy groups -OCH3 is 3. The van der Waals surface area contributed by atoms with Crippen molar-refractivity contribution in [1.82, 2.24) is 14.6 Å². The van der Waals surface area contributed by atoms with Crippen LogP contribution in [0, 0.1) is 0 Å². The molecular weight excluding hydrogens is 350 g/mol. The van der Waals surface area contributed by atoms with E-state index in [9.17, 15) is 0 Å². The maximum atomic E-state index is 5.42. The van der Waals surface area contributed by atoms with E-state index in [2.05, 4.69) is 10.1 Å². The van der Waals surface area contributed by atoms with Gasteiger partial charge in [0.1, 0.15) is 5.01 Å². The Morgan fingerprint density at radius 1 is 0.885 bits per heavy atom. The summed E-state index contributed by atoms with van der Waals surface area (Å²) in [6.07, 6.45) is 1.93. The average molecular weight is 367 g/mol. The van der Waals surface area contributed by atoms with E-state index in [1.165, 1.54) is 11.3 Å². The minimum atomic E-state index is 0.562. The molecule has 0 saturated carbocycles. The number of hydrogen-bond acceptors (Lipinski definition) is 6. The van der Waals surface area contributed by atoms with Crippen LogP contribution >= 0.6 is 11.3 Å². The van der Waals surface area contributed by atoms with E-state index in [0.29, 0.717) is 17.2 Å². The van der Waals surface area contributed by atoms with Gasteiger partial charge in [0.05, 0.1) is 33.2 Å². The van der Waals surface area contributed by atoms with Crippen LogP contribution in [0.2, 0.25) is 0 Å². The van der Waals surface area contributed by atoms with Crippen LogP contribution in [-0.2, 0) is 0 Å². The Morgan fingerprint density at radius 2 is 1.58 bits per heavy atom. The first kappa shape index (κ1) is 16.4. The minimum absolute atomic E-state index is 0.562. The highest BCUT2D eigenvalue weighted by molar-refractivity contribution is 7.19. The van der Waals surface area contributed by atoms with Crippen LogP contribution in [0.4, 0.5) is 0 Å². The standard InChI is InChI=1S/C19H17N3O3S/c1-23-15-9-13(10-16(24-2)17(15)25-3)18-21-22-11-14(20-19(22)26-18)12-7-5-4-6-8-12/h4-11H,1-3H3. The summed E-state index contributed by atoms with van der Waals surface area (Å²) in [5.41, 5.74) is 2.86. The van der Waals surface area contributed by atoms with E-state index < -0.39 is 0 Å². The molecular formula is C19H17N3O3S. The molecule has 0 saturated heterocycles. The second-order valence-corrected chi connectivity index (χ2v) is 6.50. The molecule has 4 rings (SSSR count). The Hall–Kier alpha value is -3.06. The van der Waals surface area contributed by atoms with E-state index >= 15 is 0 Å². The largest absolute Gasteiger partial charge is 0.493 e. The van der Waals surface area contributed by atoms with E-state index in [0.717, 1.165) is 26.8 Å². The molecule has 2 heterocycles. The van der Waals surface area contributed by atoms with E-state index in [4.69, 9.17) is 14.2 Å². The van der Waals surface area contributed by atoms with Crippen molar-refractivity contribution in [2.75, 3.05) is 21.3 Å². The molecule has 132 valence electrons. The Kier molecular flexibility index (Phi) is 4.22. The van der Waals surface area contributed by atoms with Crippen LogP contribution in [0.15, 0.2) is 48.7 Å². The van der Waals surface area contributed by atoms with Gasteiger partial charge in [0.2, 0.25) is 10.7 Å². The van der Waals surface area contributed by atoms with Crippen molar-refractivity contribution in [3.05, 3.63) is 48.7 Å². The highest BCUT2D eigenvalue weighted by Crippen LogP contribution is 2.42. The monoisotopic (exact) mass is 367 g/mol. The molecule has 6 nitrogen and oxygen atoms in total. The van der Waals surface area contributed by atoms with Crippen LogP contribution in [-0.4, -0.2) is 35.9 Å². The van der Waals surface area contributed by atoms with E-state index in [-0.39, 0.29) is 0 Å². The smallest absolute Gasteiger partial charge is 0.213 e. The van der Waals surface area contributed by atoms with Crippen molar-refractivity contribution in [3.63, 3.8) is 0 Å². The van der Waals surface area contributed by atoms with Gasteiger partial charge in [-0.2, -0.15) is 5.10 Å². The molecule has 0 spiro atoms. The number of fused-ring (bicyclic) bond motifs is 1. The van der Waals surface area contributed by atoms with Crippen molar-refractivity contribution in [2.45, 2.75) is 0 Å². The molecule has 2 aromatic heterocycles. The number of aromatic nitrogens is 3. The van der Waals surface area contributed by atoms with E-state index in [1.54, 1.807) is 25.8 Å². The predicted molar refractivity (Wildman–Crippen MR) is 101 cm³/mol. The maximum Gasteiger partial charge on any atom is 0.213 e. The van der Waals surface area contributed by atoms with Crippen molar-refractivity contribution < 1.29 is 14.2 Å². The molecule has 0 amide bonds. The zero-order valence-electron chi connectivity index (χ0n) is 14.6. The quantitative estimate of drug-likeness (QED) is 0.530. The third kappa shape index (κ3) is 2.76. The molecule has 2 aromatic carbocycles. The SMILES string of the molecule is COc1cc(-c2nn3cc(-c4ccccc4)nc3s2)cc(OC)c1OC. The van der Waals surface area contributed by atoms with Crippen LogP contribution in [0.5, 0.6) is 17.2 Å². The zero-order chi connectivity index (χ0) is 18.1. The van der Waals surface area contributed by atoms with Gasteiger partial charge in [0.15, 0.2) is 11.5 Å². The number of rotatable bonds is 5. The summed E-state index contributed by atoms with van der Waals surface area (Å²) in [7, 11) is 4.78. The van der Waals surface area contributed by atoms with Crippen molar-refractivity contribution in [3.8, 4) is 39.1 Å². The predicted octanol–water partition coefficient (Wildman–Crippen LogP) is 4.15. The fraction of sp³-hybridized carbons (Fsp3) is 0.158. The molecule has 0 unspecified atom stereocenters. The molecule has 0 atom stereocenters. The molecule has 26 heavy (non-hydrogen) atoms. The molecule has 0 aliphatic carbocycles. The summed E-state index contributed by atoms with van der Waals surface area (Å²) in [6.45, 7) is 0. The average Bonchev–Trinajstić information content (AvgIpc) is 3.26. The summed E-state index contributed by atoms with van der Waals surface area (Å²) in [5, 5.41) is 5.48. The lowest BCUT2D eigenvalue weighted by atomic mass is 10.2. The second-order valence-electron chi connectivity index (χ2n) is 5.54. The number of nitrogens with zero attached hydrogens (tertiary/aromatic N) is 3. The first-order valence-electron chi connectivity index (χ1n) is 7.95. The van der Waals surface area contributed by atoms with Gasteiger partial charge in [-0.3, -0.25) is 0 Å². The molecule has 0 bridgehead atoms. The fourth-order valence-electron chi connectivity index (χ4n) is 2.77. The first-order chi connectivity index (χ1) is 12.7. The molecule has 0 fully saturated rings. The van der Waals surface area contributed by atoms with Gasteiger partial charge < -0.3 is 14.2 Å². The van der Waals surface area contributed by atoms with Gasteiger partial charge in [-0.25, -0.2) is 9.50 Å². The van der Waals surface area contributed by atoms with Crippen molar-refractivity contribution >= 4 is 16.3 Å². The molecule has 0 N–H and O–H groups in total. The minimum Gasteiger partial charge on any atom is -0.493 e. The molecule has 4 aromatic rings. The van der Waals surface area contributed by atoms with Crippen LogP contribution < -0.4 is 14.2 Å². The Balaban J connectivity index is 1.77. The van der Waals surface area contributed by atoms with Gasteiger partial charge in [-0.15, -0.1) is 0 Å². The maximum absolute atomic E-state index is 5.42. The highest BCUT2D eigenvalue weighted by Gasteiger charge is 2.17. The van der Waals surface area contributed by atoms with Crippen molar-refractivity contribution in [2.24, 2.45) is 0 Å². The second kappa shape index (κ2) is 6.68. The summed E-state index contributed by atoms with van der Waals surface area (Å²) in [4.78, 5) is 5.51. The summed E-state index contributed by atoms with van der Waals surface area (Å²) in [6, 6.07) is 13.8. The lowest BCUT2D eigenvalue weighted by Gasteiger charge is -2.13. The molecule has 7 heteroatoms. The van der Waals surface area contributed by atoms with Gasteiger partial charge in [-0.05, 0) is 12.1 Å². The number of ether oxygens (including phenoxy) is 3. The first-order valence-corrected chi connectivity index (χ1v) is 8.77. The van der Waals surface area contributed by atoms with Gasteiger partial charge in [-0.1, -0.05) is 41.7 Å². The van der Waals surface area contributed by atoms with E-state index in [1.807, 2.05) is 48.7 Å². The summed E-state index contributed by atoms with van der Waals surface area (Å²) >= 11 is 1.51. The third-order valence-electron chi connectivity index (χ3n) is 4.02. The summed E-state index contributed by atoms with van der Waals surface area (Å²) in [5.74, 6) is 1.76. The molecule has 0 radical (unpaired) electrons. The lowest BCUT2D eigenvalue weighted by Crippen LogP contribution is -1.95. The molecule has 0 aliphatic rings.